The molecule has 2 rings (SSSR count). The fraction of sp³-hybridized carbons (Fsp3) is 0.524. The van der Waals surface area contributed by atoms with Gasteiger partial charge in [-0.25, -0.2) is 18.1 Å². The highest BCUT2D eigenvalue weighted by atomic mass is 32.2. The van der Waals surface area contributed by atoms with Crippen LogP contribution in [0.5, 0.6) is 0 Å². The lowest BCUT2D eigenvalue weighted by molar-refractivity contribution is 0.587. The van der Waals surface area contributed by atoms with Gasteiger partial charge in [0.25, 0.3) is 0 Å². The van der Waals surface area contributed by atoms with E-state index in [0.717, 1.165) is 35.7 Å². The van der Waals surface area contributed by atoms with Crippen molar-refractivity contribution in [3.05, 3.63) is 52.3 Å². The molecule has 0 aliphatic rings. The second-order valence-corrected chi connectivity index (χ2v) is 9.42. The lowest BCUT2D eigenvalue weighted by Gasteiger charge is -2.18. The Morgan fingerprint density at radius 3 is 2.37 bits per heavy atom. The zero-order valence-electron chi connectivity index (χ0n) is 18.8. The van der Waals surface area contributed by atoms with Crippen LogP contribution in [-0.2, 0) is 35.8 Å². The van der Waals surface area contributed by atoms with Crippen LogP contribution in [0.4, 0.5) is 0 Å². The SMILES string of the molecule is CCNC(=NCc1ccc(CS(=O)(=O)NC)cc1)NC(C)Cc1c(C)nn(C)c1C. The highest BCUT2D eigenvalue weighted by Crippen LogP contribution is 2.14. The van der Waals surface area contributed by atoms with Gasteiger partial charge in [-0.2, -0.15) is 5.10 Å². The Bertz CT molecular complexity index is 964. The van der Waals surface area contributed by atoms with Crippen molar-refractivity contribution in [3.8, 4) is 0 Å². The lowest BCUT2D eigenvalue weighted by atomic mass is 10.1. The third-order valence-corrected chi connectivity index (χ3v) is 6.34. The van der Waals surface area contributed by atoms with E-state index in [2.05, 4.69) is 39.3 Å². The second-order valence-electron chi connectivity index (χ2n) is 7.50. The summed E-state index contributed by atoms with van der Waals surface area (Å²) in [6.07, 6.45) is 0.866. The number of nitrogens with one attached hydrogen (secondary N) is 3. The van der Waals surface area contributed by atoms with Crippen molar-refractivity contribution < 1.29 is 8.42 Å². The fourth-order valence-corrected chi connectivity index (χ4v) is 4.00. The van der Waals surface area contributed by atoms with E-state index in [9.17, 15) is 8.42 Å². The maximum atomic E-state index is 11.7. The maximum Gasteiger partial charge on any atom is 0.215 e. The van der Waals surface area contributed by atoms with Gasteiger partial charge in [0.2, 0.25) is 10.0 Å². The molecular formula is C21H34N6O2S. The van der Waals surface area contributed by atoms with Crippen LogP contribution in [0.1, 0.15) is 41.9 Å². The molecule has 0 fully saturated rings. The van der Waals surface area contributed by atoms with Crippen molar-refractivity contribution in [2.45, 2.75) is 52.5 Å². The molecule has 0 saturated carbocycles. The number of aromatic nitrogens is 2. The summed E-state index contributed by atoms with van der Waals surface area (Å²) < 4.78 is 27.6. The predicted molar refractivity (Wildman–Crippen MR) is 122 cm³/mol. The molecule has 0 amide bonds. The Morgan fingerprint density at radius 1 is 1.20 bits per heavy atom. The zero-order valence-corrected chi connectivity index (χ0v) is 19.6. The van der Waals surface area contributed by atoms with E-state index in [1.807, 2.05) is 49.8 Å². The molecule has 166 valence electrons. The lowest BCUT2D eigenvalue weighted by Crippen LogP contribution is -2.43. The minimum atomic E-state index is -3.27. The van der Waals surface area contributed by atoms with Gasteiger partial charge in [-0.05, 0) is 57.9 Å². The Kier molecular flexibility index (Phi) is 8.43. The van der Waals surface area contributed by atoms with Gasteiger partial charge in [0.05, 0.1) is 18.0 Å². The van der Waals surface area contributed by atoms with E-state index in [-0.39, 0.29) is 11.8 Å². The molecule has 0 radical (unpaired) electrons. The van der Waals surface area contributed by atoms with E-state index >= 15 is 0 Å². The minimum Gasteiger partial charge on any atom is -0.357 e. The number of hydrogen-bond acceptors (Lipinski definition) is 4. The summed E-state index contributed by atoms with van der Waals surface area (Å²) in [5, 5.41) is 11.2. The summed E-state index contributed by atoms with van der Waals surface area (Å²) in [6, 6.07) is 7.69. The average Bonchev–Trinajstić information content (AvgIpc) is 2.93. The van der Waals surface area contributed by atoms with Crippen LogP contribution in [0.2, 0.25) is 0 Å². The van der Waals surface area contributed by atoms with Gasteiger partial charge in [-0.15, -0.1) is 0 Å². The monoisotopic (exact) mass is 434 g/mol. The van der Waals surface area contributed by atoms with Gasteiger partial charge in [-0.3, -0.25) is 4.68 Å². The smallest absolute Gasteiger partial charge is 0.215 e. The largest absolute Gasteiger partial charge is 0.357 e. The molecule has 1 atom stereocenters. The van der Waals surface area contributed by atoms with Crippen LogP contribution in [0, 0.1) is 13.8 Å². The van der Waals surface area contributed by atoms with Crippen LogP contribution in [0.15, 0.2) is 29.3 Å². The van der Waals surface area contributed by atoms with Crippen LogP contribution in [0.3, 0.4) is 0 Å². The average molecular weight is 435 g/mol. The Balaban J connectivity index is 2.01. The van der Waals surface area contributed by atoms with Crippen molar-refractivity contribution in [3.63, 3.8) is 0 Å². The quantitative estimate of drug-likeness (QED) is 0.413. The molecule has 1 unspecified atom stereocenters. The third kappa shape index (κ3) is 6.84. The van der Waals surface area contributed by atoms with Gasteiger partial charge >= 0.3 is 0 Å². The molecule has 9 heteroatoms. The molecule has 1 aromatic heterocycles. The van der Waals surface area contributed by atoms with E-state index in [4.69, 9.17) is 0 Å². The topological polar surface area (TPSA) is 100 Å². The fourth-order valence-electron chi connectivity index (χ4n) is 3.23. The Hall–Kier alpha value is -2.39. The summed E-state index contributed by atoms with van der Waals surface area (Å²) in [5.41, 5.74) is 5.28. The van der Waals surface area contributed by atoms with Crippen molar-refractivity contribution >= 4 is 16.0 Å². The first-order valence-corrected chi connectivity index (χ1v) is 11.8. The highest BCUT2D eigenvalue weighted by molar-refractivity contribution is 7.88. The molecule has 1 heterocycles. The molecule has 8 nitrogen and oxygen atoms in total. The van der Waals surface area contributed by atoms with Crippen molar-refractivity contribution in [2.24, 2.45) is 12.0 Å². The first-order chi connectivity index (χ1) is 14.1. The Labute approximate surface area is 180 Å². The van der Waals surface area contributed by atoms with E-state index < -0.39 is 10.0 Å². The molecule has 0 aliphatic heterocycles. The molecule has 0 aliphatic carbocycles. The van der Waals surface area contributed by atoms with Crippen LogP contribution < -0.4 is 15.4 Å². The predicted octanol–water partition coefficient (Wildman–Crippen LogP) is 1.77. The summed E-state index contributed by atoms with van der Waals surface area (Å²) in [6.45, 7) is 9.58. The number of nitrogens with zero attached hydrogens (tertiary/aromatic N) is 3. The number of aryl methyl sites for hydroxylation is 2. The molecule has 2 aromatic rings. The molecule has 0 spiro atoms. The van der Waals surface area contributed by atoms with Crippen molar-refractivity contribution in [1.82, 2.24) is 25.1 Å². The van der Waals surface area contributed by atoms with Crippen molar-refractivity contribution in [1.29, 1.82) is 0 Å². The molecule has 1 aromatic carbocycles. The molecule has 30 heavy (non-hydrogen) atoms. The first-order valence-electron chi connectivity index (χ1n) is 10.2. The molecule has 0 saturated heterocycles. The number of sulfonamides is 1. The van der Waals surface area contributed by atoms with E-state index in [1.54, 1.807) is 0 Å². The zero-order chi connectivity index (χ0) is 22.3. The summed E-state index contributed by atoms with van der Waals surface area (Å²) in [4.78, 5) is 4.68. The Morgan fingerprint density at radius 2 is 1.83 bits per heavy atom. The van der Waals surface area contributed by atoms with Crippen LogP contribution in [-0.4, -0.2) is 43.8 Å². The van der Waals surface area contributed by atoms with Crippen LogP contribution >= 0.6 is 0 Å². The van der Waals surface area contributed by atoms with E-state index in [0.29, 0.717) is 6.54 Å². The van der Waals surface area contributed by atoms with E-state index in [1.165, 1.54) is 18.3 Å². The number of aliphatic imine (C=N–C) groups is 1. The number of rotatable bonds is 9. The molecule has 3 N–H and O–H groups in total. The number of hydrogen-bond donors (Lipinski definition) is 3. The van der Waals surface area contributed by atoms with Crippen LogP contribution in [0.25, 0.3) is 0 Å². The van der Waals surface area contributed by atoms with Gasteiger partial charge in [0.15, 0.2) is 5.96 Å². The van der Waals surface area contributed by atoms with Gasteiger partial charge in [0, 0.05) is 25.3 Å². The normalized spacial score (nSPS) is 13.3. The summed E-state index contributed by atoms with van der Waals surface area (Å²) in [5.74, 6) is 0.730. The van der Waals surface area contributed by atoms with Gasteiger partial charge < -0.3 is 10.6 Å². The molecule has 0 bridgehead atoms. The minimum absolute atomic E-state index is 0.0259. The highest BCUT2D eigenvalue weighted by Gasteiger charge is 2.14. The van der Waals surface area contributed by atoms with Gasteiger partial charge in [0.1, 0.15) is 0 Å². The first kappa shape index (κ1) is 23.9. The maximum absolute atomic E-state index is 11.7. The summed E-state index contributed by atoms with van der Waals surface area (Å²) in [7, 11) is 0.123. The number of guanidine groups is 1. The van der Waals surface area contributed by atoms with Gasteiger partial charge in [-0.1, -0.05) is 24.3 Å². The number of benzene rings is 1. The standard InChI is InChI=1S/C21H34N6O2S/c1-7-23-21(25-15(2)12-20-16(3)26-27(6)17(20)4)24-13-18-8-10-19(11-9-18)14-30(28,29)22-5/h8-11,15,22H,7,12-14H2,1-6H3,(H2,23,24,25). The second kappa shape index (κ2) is 10.6. The molecular weight excluding hydrogens is 400 g/mol. The third-order valence-electron chi connectivity index (χ3n) is 5.01. The van der Waals surface area contributed by atoms with Crippen molar-refractivity contribution in [2.75, 3.05) is 13.6 Å². The summed E-state index contributed by atoms with van der Waals surface area (Å²) >= 11 is 0.